The van der Waals surface area contributed by atoms with E-state index in [9.17, 15) is 19.2 Å². The number of amides is 3. The quantitative estimate of drug-likeness (QED) is 0.376. The molecule has 9 nitrogen and oxygen atoms in total. The van der Waals surface area contributed by atoms with Crippen LogP contribution in [0.4, 0.5) is 0 Å². The number of carbonyl (C=O) groups excluding carboxylic acids is 4. The lowest BCUT2D eigenvalue weighted by atomic mass is 9.95. The minimum Gasteiger partial charge on any atom is -0.463 e. The molecular weight excluding hydrogens is 456 g/mol. The maximum atomic E-state index is 13.1. The molecule has 0 saturated carbocycles. The largest absolute Gasteiger partial charge is 0.463 e. The molecule has 0 radical (unpaired) electrons. The molecule has 3 amide bonds. The summed E-state index contributed by atoms with van der Waals surface area (Å²) in [5.41, 5.74) is 0.618. The van der Waals surface area contributed by atoms with Crippen LogP contribution in [0.2, 0.25) is 0 Å². The SMILES string of the molecule is CCN(CC)CCOC(=O)[C@@H]1N2C(=O)[C@@H](NC(=O)C(NC(C)=O)c3ccccc3)[C@H]2SC1(C)C. The van der Waals surface area contributed by atoms with Gasteiger partial charge in [0.1, 0.15) is 30.1 Å². The maximum Gasteiger partial charge on any atom is 0.330 e. The van der Waals surface area contributed by atoms with Crippen molar-refractivity contribution in [3.63, 3.8) is 0 Å². The summed E-state index contributed by atoms with van der Waals surface area (Å²) in [5.74, 6) is -1.57. The Hall–Kier alpha value is -2.59. The van der Waals surface area contributed by atoms with Gasteiger partial charge in [0.15, 0.2) is 0 Å². The molecule has 1 aromatic rings. The third kappa shape index (κ3) is 5.38. The first-order valence-electron chi connectivity index (χ1n) is 11.6. The van der Waals surface area contributed by atoms with Gasteiger partial charge in [-0.05, 0) is 32.5 Å². The Balaban J connectivity index is 1.67. The second-order valence-electron chi connectivity index (χ2n) is 8.98. The molecule has 2 aliphatic heterocycles. The topological polar surface area (TPSA) is 108 Å². The normalized spacial score (nSPS) is 23.6. The van der Waals surface area contributed by atoms with Crippen LogP contribution in [0.25, 0.3) is 0 Å². The molecule has 1 aromatic carbocycles. The van der Waals surface area contributed by atoms with Gasteiger partial charge in [-0.3, -0.25) is 14.4 Å². The lowest BCUT2D eigenvalue weighted by Crippen LogP contribution is -2.71. The summed E-state index contributed by atoms with van der Waals surface area (Å²) >= 11 is 1.47. The van der Waals surface area contributed by atoms with E-state index in [0.29, 0.717) is 12.1 Å². The Kier molecular flexibility index (Phi) is 8.25. The van der Waals surface area contributed by atoms with Gasteiger partial charge in [-0.2, -0.15) is 0 Å². The highest BCUT2D eigenvalue weighted by Crippen LogP contribution is 2.51. The van der Waals surface area contributed by atoms with Crippen LogP contribution in [0.3, 0.4) is 0 Å². The molecule has 1 unspecified atom stereocenters. The molecule has 3 rings (SSSR count). The van der Waals surface area contributed by atoms with Crippen LogP contribution in [-0.2, 0) is 23.9 Å². The molecule has 186 valence electrons. The highest BCUT2D eigenvalue weighted by molar-refractivity contribution is 8.01. The van der Waals surface area contributed by atoms with Crippen LogP contribution in [0, 0.1) is 0 Å². The molecule has 2 aliphatic rings. The van der Waals surface area contributed by atoms with E-state index in [4.69, 9.17) is 4.74 Å². The molecule has 4 atom stereocenters. The van der Waals surface area contributed by atoms with Crippen LogP contribution >= 0.6 is 11.8 Å². The first-order chi connectivity index (χ1) is 16.1. The number of ether oxygens (including phenoxy) is 1. The zero-order valence-corrected chi connectivity index (χ0v) is 21.2. The molecule has 10 heteroatoms. The smallest absolute Gasteiger partial charge is 0.330 e. The number of thioether (sulfide) groups is 1. The number of hydrogen-bond donors (Lipinski definition) is 2. The predicted molar refractivity (Wildman–Crippen MR) is 130 cm³/mol. The summed E-state index contributed by atoms with van der Waals surface area (Å²) in [6.07, 6.45) is 0. The summed E-state index contributed by atoms with van der Waals surface area (Å²) < 4.78 is 4.96. The number of nitrogens with zero attached hydrogens (tertiary/aromatic N) is 2. The zero-order chi connectivity index (χ0) is 25.0. The minimum atomic E-state index is -0.916. The zero-order valence-electron chi connectivity index (χ0n) is 20.4. The van der Waals surface area contributed by atoms with E-state index in [2.05, 4.69) is 15.5 Å². The molecule has 0 aromatic heterocycles. The molecule has 2 N–H and O–H groups in total. The monoisotopic (exact) mass is 490 g/mol. The predicted octanol–water partition coefficient (Wildman–Crippen LogP) is 1.30. The van der Waals surface area contributed by atoms with E-state index in [1.165, 1.54) is 23.6 Å². The maximum absolute atomic E-state index is 13.1. The number of nitrogens with one attached hydrogen (secondary N) is 2. The average molecular weight is 491 g/mol. The van der Waals surface area contributed by atoms with Gasteiger partial charge in [-0.15, -0.1) is 11.8 Å². The van der Waals surface area contributed by atoms with Crippen molar-refractivity contribution in [3.8, 4) is 0 Å². The van der Waals surface area contributed by atoms with Crippen LogP contribution in [0.5, 0.6) is 0 Å². The van der Waals surface area contributed by atoms with Crippen LogP contribution in [0.1, 0.15) is 46.2 Å². The highest BCUT2D eigenvalue weighted by atomic mass is 32.2. The lowest BCUT2D eigenvalue weighted by Gasteiger charge is -2.44. The minimum absolute atomic E-state index is 0.264. The number of esters is 1. The molecule has 0 aliphatic carbocycles. The van der Waals surface area contributed by atoms with Crippen molar-refractivity contribution >= 4 is 35.5 Å². The lowest BCUT2D eigenvalue weighted by molar-refractivity contribution is -0.164. The van der Waals surface area contributed by atoms with Gasteiger partial charge in [-0.25, -0.2) is 4.79 Å². The van der Waals surface area contributed by atoms with E-state index in [0.717, 1.165) is 13.1 Å². The third-order valence-corrected chi connectivity index (χ3v) is 7.82. The second kappa shape index (κ2) is 10.8. The van der Waals surface area contributed by atoms with Crippen molar-refractivity contribution in [1.82, 2.24) is 20.4 Å². The fourth-order valence-corrected chi connectivity index (χ4v) is 6.03. The third-order valence-electron chi connectivity index (χ3n) is 6.25. The van der Waals surface area contributed by atoms with Gasteiger partial charge in [0, 0.05) is 18.2 Å². The summed E-state index contributed by atoms with van der Waals surface area (Å²) in [6, 6.07) is 6.45. The van der Waals surface area contributed by atoms with E-state index in [-0.39, 0.29) is 23.8 Å². The molecule has 2 heterocycles. The van der Waals surface area contributed by atoms with Gasteiger partial charge in [0.05, 0.1) is 0 Å². The molecular formula is C24H34N4O5S. The fourth-order valence-electron chi connectivity index (χ4n) is 4.41. The Morgan fingerprint density at radius 2 is 1.82 bits per heavy atom. The van der Waals surface area contributed by atoms with E-state index in [1.807, 2.05) is 33.8 Å². The van der Waals surface area contributed by atoms with Crippen LogP contribution < -0.4 is 10.6 Å². The summed E-state index contributed by atoms with van der Waals surface area (Å²) in [7, 11) is 0. The molecule has 2 fully saturated rings. The van der Waals surface area contributed by atoms with E-state index in [1.54, 1.807) is 24.3 Å². The van der Waals surface area contributed by atoms with Gasteiger partial charge in [0.2, 0.25) is 17.7 Å². The Morgan fingerprint density at radius 3 is 2.41 bits per heavy atom. The molecule has 34 heavy (non-hydrogen) atoms. The summed E-state index contributed by atoms with van der Waals surface area (Å²) in [5, 5.41) is 5.06. The van der Waals surface area contributed by atoms with Crippen molar-refractivity contribution in [2.24, 2.45) is 0 Å². The number of likely N-dealkylation sites (N-methyl/N-ethyl adjacent to an activating group) is 1. The number of β-lactam (4-membered cyclic amide) rings is 1. The first-order valence-corrected chi connectivity index (χ1v) is 12.5. The summed E-state index contributed by atoms with van der Waals surface area (Å²) in [4.78, 5) is 54.4. The number of fused-ring (bicyclic) bond motifs is 1. The molecule has 0 spiro atoms. The van der Waals surface area contributed by atoms with Crippen molar-refractivity contribution in [2.75, 3.05) is 26.2 Å². The number of benzene rings is 1. The van der Waals surface area contributed by atoms with Gasteiger partial charge < -0.3 is 25.2 Å². The average Bonchev–Trinajstić information content (AvgIpc) is 3.06. The van der Waals surface area contributed by atoms with Crippen molar-refractivity contribution in [3.05, 3.63) is 35.9 Å². The van der Waals surface area contributed by atoms with Crippen LogP contribution in [0.15, 0.2) is 30.3 Å². The Labute approximate surface area is 204 Å². The van der Waals surface area contributed by atoms with Crippen LogP contribution in [-0.4, -0.2) is 81.9 Å². The molecule has 0 bridgehead atoms. The summed E-state index contributed by atoms with van der Waals surface area (Å²) in [6.45, 7) is 11.9. The van der Waals surface area contributed by atoms with Crippen molar-refractivity contribution in [2.45, 2.75) is 62.9 Å². The van der Waals surface area contributed by atoms with Crippen molar-refractivity contribution < 1.29 is 23.9 Å². The Bertz CT molecular complexity index is 921. The number of hydrogen-bond acceptors (Lipinski definition) is 7. The molecule has 2 saturated heterocycles. The standard InChI is InChI=1S/C24H34N4O5S/c1-6-27(7-2)13-14-33-23(32)19-24(4,5)34-22-18(21(31)28(19)22)26-20(30)17(25-15(3)29)16-11-9-8-10-12-16/h8-12,17-19,22H,6-7,13-14H2,1-5H3,(H,25,29)(H,26,30)/t17?,18-,19+,22-/m1/s1. The van der Waals surface area contributed by atoms with Gasteiger partial charge in [0.25, 0.3) is 0 Å². The Morgan fingerprint density at radius 1 is 1.18 bits per heavy atom. The van der Waals surface area contributed by atoms with Gasteiger partial charge >= 0.3 is 5.97 Å². The highest BCUT2D eigenvalue weighted by Gasteiger charge is 2.64. The van der Waals surface area contributed by atoms with E-state index >= 15 is 0 Å². The van der Waals surface area contributed by atoms with Crippen molar-refractivity contribution in [1.29, 1.82) is 0 Å². The van der Waals surface area contributed by atoms with E-state index < -0.39 is 34.7 Å². The van der Waals surface area contributed by atoms with Gasteiger partial charge in [-0.1, -0.05) is 44.2 Å². The number of carbonyl (C=O) groups is 4. The number of rotatable bonds is 10. The first kappa shape index (κ1) is 26.0. The fraction of sp³-hybridized carbons (Fsp3) is 0.583. The second-order valence-corrected chi connectivity index (χ2v) is 10.8.